The summed E-state index contributed by atoms with van der Waals surface area (Å²) in [7, 11) is 2.82. The van der Waals surface area contributed by atoms with Gasteiger partial charge in [0, 0.05) is 30.6 Å². The Morgan fingerprint density at radius 2 is 2.05 bits per heavy atom. The number of benzene rings is 2. The lowest BCUT2D eigenvalue weighted by atomic mass is 9.78. The van der Waals surface area contributed by atoms with Crippen LogP contribution < -0.4 is 15.8 Å². The van der Waals surface area contributed by atoms with E-state index in [2.05, 4.69) is 10.1 Å². The lowest BCUT2D eigenvalue weighted by molar-refractivity contribution is -0.167. The van der Waals surface area contributed by atoms with Gasteiger partial charge in [-0.15, -0.1) is 0 Å². The van der Waals surface area contributed by atoms with Gasteiger partial charge in [-0.2, -0.15) is 0 Å². The Morgan fingerprint density at radius 3 is 2.75 bits per heavy atom. The van der Waals surface area contributed by atoms with E-state index in [-0.39, 0.29) is 49.5 Å². The molecule has 10 heteroatoms. The summed E-state index contributed by atoms with van der Waals surface area (Å²) in [5, 5.41) is 15.1. The van der Waals surface area contributed by atoms with E-state index in [1.54, 1.807) is 30.2 Å². The molecule has 1 aliphatic heterocycles. The molecule has 4 N–H and O–H groups in total. The van der Waals surface area contributed by atoms with Crippen molar-refractivity contribution in [3.05, 3.63) is 53.3 Å². The van der Waals surface area contributed by atoms with Crippen LogP contribution in [0.4, 0.5) is 9.18 Å². The van der Waals surface area contributed by atoms with Crippen molar-refractivity contribution in [1.29, 1.82) is 0 Å². The van der Waals surface area contributed by atoms with Crippen LogP contribution in [0.1, 0.15) is 43.2 Å². The molecule has 4 rings (SSSR count). The van der Waals surface area contributed by atoms with Crippen LogP contribution in [0.15, 0.2) is 36.4 Å². The monoisotopic (exact) mass is 557 g/mol. The number of nitrogens with zero attached hydrogens (tertiary/aromatic N) is 1. The van der Waals surface area contributed by atoms with E-state index in [9.17, 15) is 14.7 Å². The third-order valence-corrected chi connectivity index (χ3v) is 7.98. The van der Waals surface area contributed by atoms with Crippen molar-refractivity contribution in [2.24, 2.45) is 11.7 Å². The molecule has 0 bridgehead atoms. The van der Waals surface area contributed by atoms with Gasteiger partial charge in [0.1, 0.15) is 23.3 Å². The van der Waals surface area contributed by atoms with Gasteiger partial charge in [0.05, 0.1) is 27.4 Å². The quantitative estimate of drug-likeness (QED) is 0.404. The Labute approximate surface area is 234 Å². The highest BCUT2D eigenvalue weighted by atomic mass is 19.1. The molecule has 218 valence electrons. The van der Waals surface area contributed by atoms with Crippen molar-refractivity contribution < 1.29 is 33.3 Å². The second-order valence-electron chi connectivity index (χ2n) is 10.8. The predicted octanol–water partition coefficient (Wildman–Crippen LogP) is 3.49. The van der Waals surface area contributed by atoms with E-state index in [4.69, 9.17) is 15.2 Å². The lowest BCUT2D eigenvalue weighted by Crippen LogP contribution is -2.55. The summed E-state index contributed by atoms with van der Waals surface area (Å²) >= 11 is 0. The molecule has 2 aliphatic rings. The summed E-state index contributed by atoms with van der Waals surface area (Å²) in [5.74, 6) is -0.0649. The molecule has 0 aromatic heterocycles. The van der Waals surface area contributed by atoms with Gasteiger partial charge in [0.15, 0.2) is 0 Å². The van der Waals surface area contributed by atoms with Crippen LogP contribution in [0.5, 0.6) is 5.75 Å². The average molecular weight is 558 g/mol. The number of aryl methyl sites for hydroxylation is 1. The number of amides is 2. The van der Waals surface area contributed by atoms with Crippen LogP contribution in [-0.4, -0.2) is 74.6 Å². The fourth-order valence-electron chi connectivity index (χ4n) is 5.92. The molecule has 4 unspecified atom stereocenters. The molecular formula is C30H40FN3O6. The minimum absolute atomic E-state index is 0.0128. The van der Waals surface area contributed by atoms with Crippen molar-refractivity contribution in [3.63, 3.8) is 0 Å². The SMILES string of the molecule is COC(=O)NCCCC(O)(c1cccc(F)c1-c1cc(C)cc(OC)c1)C1CN(C(=O)C2CCC(N)C2)CCO1. The number of alkyl carbamates (subject to hydrolysis) is 1. The molecular weight excluding hydrogens is 517 g/mol. The predicted molar refractivity (Wildman–Crippen MR) is 148 cm³/mol. The van der Waals surface area contributed by atoms with Crippen LogP contribution in [0.3, 0.4) is 0 Å². The van der Waals surface area contributed by atoms with E-state index in [0.29, 0.717) is 36.3 Å². The number of nitrogens with two attached hydrogens (primary N) is 1. The molecule has 1 aliphatic carbocycles. The summed E-state index contributed by atoms with van der Waals surface area (Å²) in [4.78, 5) is 26.7. The van der Waals surface area contributed by atoms with Gasteiger partial charge in [0.2, 0.25) is 5.91 Å². The van der Waals surface area contributed by atoms with Crippen molar-refractivity contribution in [3.8, 4) is 16.9 Å². The summed E-state index contributed by atoms with van der Waals surface area (Å²) in [6.07, 6.45) is 1.28. The van der Waals surface area contributed by atoms with Gasteiger partial charge >= 0.3 is 6.09 Å². The van der Waals surface area contributed by atoms with Gasteiger partial charge in [-0.05, 0) is 73.9 Å². The van der Waals surface area contributed by atoms with E-state index >= 15 is 4.39 Å². The zero-order valence-electron chi connectivity index (χ0n) is 23.5. The standard InChI is InChI=1S/C30H40FN3O6/c1-19-14-21(17-23(15-19)38-2)27-24(6-4-7-25(27)31)30(37,10-5-11-33-29(36)39-3)26-18-34(12-13-40-26)28(35)20-8-9-22(32)16-20/h4,6-7,14-15,17,20,22,26,37H,5,8-13,16,18,32H2,1-3H3,(H,33,36). The Balaban J connectivity index is 1.71. The van der Waals surface area contributed by atoms with Crippen molar-refractivity contribution in [2.75, 3.05) is 40.5 Å². The molecule has 0 radical (unpaired) electrons. The third kappa shape index (κ3) is 6.56. The fraction of sp³-hybridized carbons (Fsp3) is 0.533. The molecule has 2 aromatic carbocycles. The topological polar surface area (TPSA) is 123 Å². The normalized spacial score (nSPS) is 22.4. The Hall–Kier alpha value is -3.21. The number of methoxy groups -OCH3 is 2. The number of carbonyl (C=O) groups is 2. The van der Waals surface area contributed by atoms with Crippen LogP contribution >= 0.6 is 0 Å². The lowest BCUT2D eigenvalue weighted by Gasteiger charge is -2.43. The molecule has 2 aromatic rings. The zero-order chi connectivity index (χ0) is 28.9. The Morgan fingerprint density at radius 1 is 1.25 bits per heavy atom. The molecule has 2 amide bonds. The van der Waals surface area contributed by atoms with Gasteiger partial charge in [0.25, 0.3) is 0 Å². The first kappa shape index (κ1) is 29.8. The van der Waals surface area contributed by atoms with Crippen molar-refractivity contribution >= 4 is 12.0 Å². The first-order chi connectivity index (χ1) is 19.2. The number of hydrogen-bond acceptors (Lipinski definition) is 7. The minimum Gasteiger partial charge on any atom is -0.497 e. The molecule has 2 fully saturated rings. The maximum atomic E-state index is 15.6. The van der Waals surface area contributed by atoms with E-state index in [0.717, 1.165) is 18.4 Å². The Kier molecular flexibility index (Phi) is 9.65. The highest BCUT2D eigenvalue weighted by Crippen LogP contribution is 2.42. The Bertz CT molecular complexity index is 1210. The van der Waals surface area contributed by atoms with Gasteiger partial charge in [-0.25, -0.2) is 9.18 Å². The molecule has 4 atom stereocenters. The van der Waals surface area contributed by atoms with Crippen molar-refractivity contribution in [1.82, 2.24) is 10.2 Å². The average Bonchev–Trinajstić information content (AvgIpc) is 3.40. The summed E-state index contributed by atoms with van der Waals surface area (Å²) in [6.45, 7) is 2.92. The van der Waals surface area contributed by atoms with Crippen LogP contribution in [0, 0.1) is 18.7 Å². The number of ether oxygens (including phenoxy) is 3. The number of nitrogens with one attached hydrogen (secondary N) is 1. The van der Waals surface area contributed by atoms with Crippen LogP contribution in [-0.2, 0) is 19.9 Å². The van der Waals surface area contributed by atoms with Gasteiger partial charge in [-0.3, -0.25) is 4.79 Å². The molecule has 0 spiro atoms. The summed E-state index contributed by atoms with van der Waals surface area (Å²) in [5.41, 5.74) is 6.39. The van der Waals surface area contributed by atoms with E-state index in [1.165, 1.54) is 13.2 Å². The highest BCUT2D eigenvalue weighted by Gasteiger charge is 2.45. The smallest absolute Gasteiger partial charge is 0.406 e. The van der Waals surface area contributed by atoms with E-state index < -0.39 is 23.6 Å². The molecule has 1 heterocycles. The number of morpholine rings is 1. The second-order valence-corrected chi connectivity index (χ2v) is 10.8. The molecule has 9 nitrogen and oxygen atoms in total. The number of rotatable bonds is 9. The fourth-order valence-corrected chi connectivity index (χ4v) is 5.92. The number of aliphatic hydroxyl groups is 1. The maximum Gasteiger partial charge on any atom is 0.406 e. The first-order valence-corrected chi connectivity index (χ1v) is 13.8. The largest absolute Gasteiger partial charge is 0.497 e. The van der Waals surface area contributed by atoms with Crippen LogP contribution in [0.25, 0.3) is 11.1 Å². The minimum atomic E-state index is -1.68. The van der Waals surface area contributed by atoms with Crippen LogP contribution in [0.2, 0.25) is 0 Å². The molecule has 1 saturated heterocycles. The number of hydrogen-bond donors (Lipinski definition) is 3. The third-order valence-electron chi connectivity index (χ3n) is 7.98. The van der Waals surface area contributed by atoms with Gasteiger partial charge < -0.3 is 35.3 Å². The second kappa shape index (κ2) is 13.0. The summed E-state index contributed by atoms with van der Waals surface area (Å²) in [6, 6.07) is 10.0. The first-order valence-electron chi connectivity index (χ1n) is 13.8. The number of carbonyl (C=O) groups excluding carboxylic acids is 2. The maximum absolute atomic E-state index is 15.6. The number of halogens is 1. The van der Waals surface area contributed by atoms with E-state index in [1.807, 2.05) is 19.1 Å². The summed E-state index contributed by atoms with van der Waals surface area (Å²) < 4.78 is 31.9. The molecule has 40 heavy (non-hydrogen) atoms. The molecule has 1 saturated carbocycles. The zero-order valence-corrected chi connectivity index (χ0v) is 23.5. The van der Waals surface area contributed by atoms with Gasteiger partial charge in [-0.1, -0.05) is 18.2 Å². The highest BCUT2D eigenvalue weighted by molar-refractivity contribution is 5.79. The van der Waals surface area contributed by atoms with Crippen molar-refractivity contribution in [2.45, 2.75) is 56.8 Å².